The summed E-state index contributed by atoms with van der Waals surface area (Å²) < 4.78 is 0. The van der Waals surface area contributed by atoms with Gasteiger partial charge in [0.25, 0.3) is 0 Å². The van der Waals surface area contributed by atoms with Crippen molar-refractivity contribution in [3.8, 4) is 0 Å². The molecule has 0 unspecified atom stereocenters. The molecule has 17 heavy (non-hydrogen) atoms. The van der Waals surface area contributed by atoms with Gasteiger partial charge in [0, 0.05) is 0 Å². The normalized spacial score (nSPS) is 47.6. The minimum absolute atomic E-state index is 0.131. The van der Waals surface area contributed by atoms with Crippen LogP contribution < -0.4 is 0 Å². The minimum atomic E-state index is -0.566. The molecule has 0 radical (unpaired) electrons. The van der Waals surface area contributed by atoms with Crippen LogP contribution in [0.4, 0.5) is 0 Å². The molecule has 0 bridgehead atoms. The molecule has 0 aromatic heterocycles. The van der Waals surface area contributed by atoms with Crippen LogP contribution in [0.2, 0.25) is 0 Å². The fraction of sp³-hybridized carbons (Fsp3) is 1.00. The largest absolute Gasteiger partial charge is 0.393 e. The summed E-state index contributed by atoms with van der Waals surface area (Å²) >= 11 is 0. The van der Waals surface area contributed by atoms with Crippen molar-refractivity contribution in [2.75, 3.05) is 0 Å². The van der Waals surface area contributed by atoms with E-state index in [2.05, 4.69) is 13.8 Å². The topological polar surface area (TPSA) is 40.5 Å². The molecule has 0 aliphatic heterocycles. The third-order valence-electron chi connectivity index (χ3n) is 5.75. The summed E-state index contributed by atoms with van der Waals surface area (Å²) in [6.07, 6.45) is 5.41. The number of fused-ring (bicyclic) bond motifs is 1. The van der Waals surface area contributed by atoms with Gasteiger partial charge in [-0.25, -0.2) is 0 Å². The SMILES string of the molecule is C[C@@H]1[C@@H](O)CC[C@]2(C)CC[C@H](C(C)(C)O)C[C@@H]12. The first kappa shape index (κ1) is 13.4. The molecule has 0 aromatic carbocycles. The van der Waals surface area contributed by atoms with E-state index in [1.165, 1.54) is 6.42 Å². The molecule has 2 nitrogen and oxygen atoms in total. The molecule has 2 rings (SSSR count). The van der Waals surface area contributed by atoms with Crippen molar-refractivity contribution < 1.29 is 10.2 Å². The van der Waals surface area contributed by atoms with Gasteiger partial charge in [0.1, 0.15) is 0 Å². The lowest BCUT2D eigenvalue weighted by Crippen LogP contribution is -2.49. The standard InChI is InChI=1S/C15H28O2/c1-10-12-9-11(14(2,3)17)5-7-15(12,4)8-6-13(10)16/h10-13,16-17H,5-9H2,1-4H3/t10-,11-,12-,13-,15-/m0/s1. The van der Waals surface area contributed by atoms with Crippen molar-refractivity contribution >= 4 is 0 Å². The second-order valence-electron chi connectivity index (χ2n) is 7.35. The molecule has 0 heterocycles. The molecule has 5 atom stereocenters. The molecule has 2 heteroatoms. The first-order valence-electron chi connectivity index (χ1n) is 7.14. The minimum Gasteiger partial charge on any atom is -0.393 e. The van der Waals surface area contributed by atoms with Crippen LogP contribution in [0.25, 0.3) is 0 Å². The Morgan fingerprint density at radius 2 is 1.76 bits per heavy atom. The van der Waals surface area contributed by atoms with Crippen molar-refractivity contribution in [3.05, 3.63) is 0 Å². The van der Waals surface area contributed by atoms with Crippen LogP contribution in [0.3, 0.4) is 0 Å². The van der Waals surface area contributed by atoms with E-state index < -0.39 is 5.60 Å². The van der Waals surface area contributed by atoms with E-state index in [0.717, 1.165) is 25.7 Å². The van der Waals surface area contributed by atoms with Crippen molar-refractivity contribution in [2.45, 2.75) is 71.5 Å². The van der Waals surface area contributed by atoms with Crippen LogP contribution in [0.15, 0.2) is 0 Å². The quantitative estimate of drug-likeness (QED) is 0.740. The number of rotatable bonds is 1. The van der Waals surface area contributed by atoms with E-state index >= 15 is 0 Å². The van der Waals surface area contributed by atoms with E-state index in [1.54, 1.807) is 0 Å². The van der Waals surface area contributed by atoms with Crippen LogP contribution in [0, 0.1) is 23.2 Å². The molecular formula is C15H28O2. The summed E-state index contributed by atoms with van der Waals surface area (Å²) in [6, 6.07) is 0. The Bertz CT molecular complexity index is 281. The fourth-order valence-electron chi connectivity index (χ4n) is 4.21. The van der Waals surface area contributed by atoms with Crippen LogP contribution in [-0.2, 0) is 0 Å². The molecule has 2 saturated carbocycles. The van der Waals surface area contributed by atoms with Crippen molar-refractivity contribution in [1.82, 2.24) is 0 Å². The highest BCUT2D eigenvalue weighted by molar-refractivity contribution is 4.99. The maximum Gasteiger partial charge on any atom is 0.0619 e. The van der Waals surface area contributed by atoms with Crippen LogP contribution in [0.5, 0.6) is 0 Å². The molecule has 2 aliphatic carbocycles. The highest BCUT2D eigenvalue weighted by Crippen LogP contribution is 2.55. The first-order chi connectivity index (χ1) is 7.74. The Balaban J connectivity index is 2.15. The van der Waals surface area contributed by atoms with E-state index in [1.807, 2.05) is 13.8 Å². The van der Waals surface area contributed by atoms with E-state index in [9.17, 15) is 10.2 Å². The summed E-state index contributed by atoms with van der Waals surface area (Å²) in [5.74, 6) is 1.36. The predicted molar refractivity (Wildman–Crippen MR) is 69.6 cm³/mol. The van der Waals surface area contributed by atoms with Gasteiger partial charge in [0.15, 0.2) is 0 Å². The summed E-state index contributed by atoms with van der Waals surface area (Å²) in [7, 11) is 0. The zero-order chi connectivity index (χ0) is 12.8. The lowest BCUT2D eigenvalue weighted by Gasteiger charge is -2.53. The molecule has 2 aliphatic rings. The Labute approximate surface area is 105 Å². The van der Waals surface area contributed by atoms with Gasteiger partial charge in [-0.15, -0.1) is 0 Å². The highest BCUT2D eigenvalue weighted by Gasteiger charge is 2.49. The average Bonchev–Trinajstić information content (AvgIpc) is 2.22. The molecule has 0 amide bonds. The second-order valence-corrected chi connectivity index (χ2v) is 7.35. The molecule has 0 aromatic rings. The number of hydrogen-bond donors (Lipinski definition) is 2. The van der Waals surface area contributed by atoms with Gasteiger partial charge < -0.3 is 10.2 Å². The Morgan fingerprint density at radius 3 is 2.35 bits per heavy atom. The lowest BCUT2D eigenvalue weighted by molar-refractivity contribution is -0.101. The van der Waals surface area contributed by atoms with Crippen LogP contribution in [-0.4, -0.2) is 21.9 Å². The molecule has 2 fully saturated rings. The van der Waals surface area contributed by atoms with Gasteiger partial charge in [0.05, 0.1) is 11.7 Å². The molecule has 2 N–H and O–H groups in total. The molecule has 0 saturated heterocycles. The van der Waals surface area contributed by atoms with Gasteiger partial charge in [-0.05, 0) is 69.1 Å². The maximum absolute atomic E-state index is 10.2. The molecule has 100 valence electrons. The highest BCUT2D eigenvalue weighted by atomic mass is 16.3. The third-order valence-corrected chi connectivity index (χ3v) is 5.75. The molecule has 0 spiro atoms. The van der Waals surface area contributed by atoms with Gasteiger partial charge in [0.2, 0.25) is 0 Å². The van der Waals surface area contributed by atoms with Crippen molar-refractivity contribution in [1.29, 1.82) is 0 Å². The van der Waals surface area contributed by atoms with Gasteiger partial charge in [-0.1, -0.05) is 13.8 Å². The smallest absolute Gasteiger partial charge is 0.0619 e. The van der Waals surface area contributed by atoms with E-state index in [4.69, 9.17) is 0 Å². The number of aliphatic hydroxyl groups is 2. The Morgan fingerprint density at radius 1 is 1.18 bits per heavy atom. The first-order valence-corrected chi connectivity index (χ1v) is 7.14. The van der Waals surface area contributed by atoms with E-state index in [0.29, 0.717) is 23.2 Å². The number of aliphatic hydroxyl groups excluding tert-OH is 1. The zero-order valence-corrected chi connectivity index (χ0v) is 11.7. The van der Waals surface area contributed by atoms with Crippen LogP contribution in [0.1, 0.15) is 59.8 Å². The third kappa shape index (κ3) is 2.39. The summed E-state index contributed by atoms with van der Waals surface area (Å²) in [4.78, 5) is 0. The number of hydrogen-bond acceptors (Lipinski definition) is 2. The summed E-state index contributed by atoms with van der Waals surface area (Å²) in [5, 5.41) is 20.3. The van der Waals surface area contributed by atoms with Gasteiger partial charge in [-0.2, -0.15) is 0 Å². The van der Waals surface area contributed by atoms with Gasteiger partial charge >= 0.3 is 0 Å². The predicted octanol–water partition coefficient (Wildman–Crippen LogP) is 2.97. The summed E-state index contributed by atoms with van der Waals surface area (Å²) in [5.41, 5.74) is -0.163. The maximum atomic E-state index is 10.2. The monoisotopic (exact) mass is 240 g/mol. The second kappa shape index (κ2) is 4.24. The van der Waals surface area contributed by atoms with Gasteiger partial charge in [-0.3, -0.25) is 0 Å². The Kier molecular flexibility index (Phi) is 3.33. The fourth-order valence-corrected chi connectivity index (χ4v) is 4.21. The van der Waals surface area contributed by atoms with Crippen molar-refractivity contribution in [3.63, 3.8) is 0 Å². The Hall–Kier alpha value is -0.0800. The summed E-state index contributed by atoms with van der Waals surface area (Å²) in [6.45, 7) is 8.45. The van der Waals surface area contributed by atoms with E-state index in [-0.39, 0.29) is 6.10 Å². The average molecular weight is 240 g/mol. The van der Waals surface area contributed by atoms with Crippen molar-refractivity contribution in [2.24, 2.45) is 23.2 Å². The molecular weight excluding hydrogens is 212 g/mol. The van der Waals surface area contributed by atoms with Crippen LogP contribution >= 0.6 is 0 Å². The zero-order valence-electron chi connectivity index (χ0n) is 11.7. The lowest BCUT2D eigenvalue weighted by atomic mass is 9.53.